The van der Waals surface area contributed by atoms with Crippen LogP contribution >= 0.6 is 0 Å². The minimum Gasteiger partial charge on any atom is -0.272 e. The van der Waals surface area contributed by atoms with E-state index in [0.29, 0.717) is 11.1 Å². The molecule has 6 nitrogen and oxygen atoms in total. The SMILES string of the molecule is Cc1cc(C)c(S(=O)(=O)NCC(=O)N/N=C\c2cccc3ccccc23)c(C)c1. The zero-order chi connectivity index (χ0) is 21.0. The third-order valence-corrected chi connectivity index (χ3v) is 6.22. The second-order valence-corrected chi connectivity index (χ2v) is 8.62. The van der Waals surface area contributed by atoms with Gasteiger partial charge in [-0.25, -0.2) is 18.6 Å². The Hall–Kier alpha value is -3.03. The molecule has 0 aliphatic carbocycles. The lowest BCUT2D eigenvalue weighted by Gasteiger charge is -2.12. The van der Waals surface area contributed by atoms with Crippen molar-refractivity contribution in [2.24, 2.45) is 5.10 Å². The molecule has 3 rings (SSSR count). The van der Waals surface area contributed by atoms with E-state index in [-0.39, 0.29) is 4.90 Å². The number of rotatable bonds is 6. The summed E-state index contributed by atoms with van der Waals surface area (Å²) in [6.07, 6.45) is 1.54. The number of sulfonamides is 1. The van der Waals surface area contributed by atoms with Gasteiger partial charge < -0.3 is 0 Å². The lowest BCUT2D eigenvalue weighted by atomic mass is 10.1. The van der Waals surface area contributed by atoms with Crippen LogP contribution in [0, 0.1) is 20.8 Å². The summed E-state index contributed by atoms with van der Waals surface area (Å²) < 4.78 is 27.5. The van der Waals surface area contributed by atoms with Crippen molar-refractivity contribution in [3.63, 3.8) is 0 Å². The molecule has 0 radical (unpaired) electrons. The quantitative estimate of drug-likeness (QED) is 0.484. The Morgan fingerprint density at radius 3 is 2.38 bits per heavy atom. The van der Waals surface area contributed by atoms with E-state index in [1.54, 1.807) is 32.2 Å². The van der Waals surface area contributed by atoms with Crippen molar-refractivity contribution in [2.75, 3.05) is 6.54 Å². The van der Waals surface area contributed by atoms with Crippen LogP contribution in [0.2, 0.25) is 0 Å². The molecule has 150 valence electrons. The molecule has 2 N–H and O–H groups in total. The third kappa shape index (κ3) is 4.88. The first kappa shape index (κ1) is 20.7. The Morgan fingerprint density at radius 2 is 1.66 bits per heavy atom. The van der Waals surface area contributed by atoms with Crippen LogP contribution in [-0.4, -0.2) is 27.1 Å². The molecule has 7 heteroatoms. The fourth-order valence-corrected chi connectivity index (χ4v) is 4.83. The van der Waals surface area contributed by atoms with E-state index in [1.807, 2.05) is 49.4 Å². The molecular formula is C22H23N3O3S. The van der Waals surface area contributed by atoms with Gasteiger partial charge in [-0.05, 0) is 42.7 Å². The zero-order valence-electron chi connectivity index (χ0n) is 16.6. The van der Waals surface area contributed by atoms with Gasteiger partial charge in [0.15, 0.2) is 0 Å². The van der Waals surface area contributed by atoms with Gasteiger partial charge >= 0.3 is 0 Å². The number of amides is 1. The van der Waals surface area contributed by atoms with Crippen molar-refractivity contribution in [3.05, 3.63) is 76.9 Å². The minimum absolute atomic E-state index is 0.204. The van der Waals surface area contributed by atoms with E-state index in [1.165, 1.54) is 0 Å². The molecule has 0 unspecified atom stereocenters. The molecule has 0 heterocycles. The number of carbonyl (C=O) groups is 1. The molecule has 0 aliphatic rings. The molecule has 0 atom stereocenters. The normalized spacial score (nSPS) is 11.8. The summed E-state index contributed by atoms with van der Waals surface area (Å²) in [5.41, 5.74) is 5.49. The van der Waals surface area contributed by atoms with Crippen LogP contribution in [-0.2, 0) is 14.8 Å². The summed E-state index contributed by atoms with van der Waals surface area (Å²) in [4.78, 5) is 12.3. The molecular weight excluding hydrogens is 386 g/mol. The van der Waals surface area contributed by atoms with Crippen molar-refractivity contribution < 1.29 is 13.2 Å². The van der Waals surface area contributed by atoms with E-state index in [0.717, 1.165) is 21.9 Å². The maximum Gasteiger partial charge on any atom is 0.255 e. The molecule has 0 fully saturated rings. The summed E-state index contributed by atoms with van der Waals surface area (Å²) in [7, 11) is -3.80. The number of carbonyl (C=O) groups excluding carboxylic acids is 1. The van der Waals surface area contributed by atoms with Crippen molar-refractivity contribution in [1.82, 2.24) is 10.1 Å². The number of benzene rings is 3. The Morgan fingerprint density at radius 1 is 1.00 bits per heavy atom. The van der Waals surface area contributed by atoms with Gasteiger partial charge in [-0.3, -0.25) is 4.79 Å². The summed E-state index contributed by atoms with van der Waals surface area (Å²) in [6.45, 7) is 4.99. The van der Waals surface area contributed by atoms with Gasteiger partial charge in [0, 0.05) is 5.56 Å². The third-order valence-electron chi connectivity index (χ3n) is 4.51. The Labute approximate surface area is 170 Å². The van der Waals surface area contributed by atoms with E-state index in [2.05, 4.69) is 15.2 Å². The van der Waals surface area contributed by atoms with Gasteiger partial charge in [0.05, 0.1) is 17.7 Å². The highest BCUT2D eigenvalue weighted by Gasteiger charge is 2.20. The number of nitrogens with one attached hydrogen (secondary N) is 2. The second-order valence-electron chi connectivity index (χ2n) is 6.91. The number of fused-ring (bicyclic) bond motifs is 1. The van der Waals surface area contributed by atoms with Crippen LogP contribution in [0.25, 0.3) is 10.8 Å². The van der Waals surface area contributed by atoms with E-state index in [9.17, 15) is 13.2 Å². The number of hydrogen-bond donors (Lipinski definition) is 2. The predicted octanol–water partition coefficient (Wildman–Crippen LogP) is 3.19. The molecule has 3 aromatic carbocycles. The standard InChI is InChI=1S/C22H23N3O3S/c1-15-11-16(2)22(17(3)12-15)29(27,28)24-14-21(26)25-23-13-19-9-6-8-18-7-4-5-10-20(18)19/h4-13,24H,14H2,1-3H3,(H,25,26)/b23-13-. The second kappa shape index (κ2) is 8.55. The lowest BCUT2D eigenvalue weighted by molar-refractivity contribution is -0.119. The van der Waals surface area contributed by atoms with E-state index < -0.39 is 22.5 Å². The zero-order valence-corrected chi connectivity index (χ0v) is 17.4. The average molecular weight is 410 g/mol. The van der Waals surface area contributed by atoms with E-state index in [4.69, 9.17) is 0 Å². The van der Waals surface area contributed by atoms with Gasteiger partial charge in [0.25, 0.3) is 5.91 Å². The van der Waals surface area contributed by atoms with Gasteiger partial charge in [0.2, 0.25) is 10.0 Å². The largest absolute Gasteiger partial charge is 0.272 e. The number of hydrogen-bond acceptors (Lipinski definition) is 4. The maximum absolute atomic E-state index is 12.6. The molecule has 0 bridgehead atoms. The van der Waals surface area contributed by atoms with Crippen LogP contribution < -0.4 is 10.1 Å². The van der Waals surface area contributed by atoms with Gasteiger partial charge in [-0.2, -0.15) is 5.10 Å². The first-order valence-electron chi connectivity index (χ1n) is 9.15. The van der Waals surface area contributed by atoms with Crippen molar-refractivity contribution in [1.29, 1.82) is 0 Å². The van der Waals surface area contributed by atoms with Crippen LogP contribution in [0.1, 0.15) is 22.3 Å². The number of nitrogens with zero attached hydrogens (tertiary/aromatic N) is 1. The van der Waals surface area contributed by atoms with Crippen LogP contribution in [0.15, 0.2) is 64.6 Å². The topological polar surface area (TPSA) is 87.6 Å². The fourth-order valence-electron chi connectivity index (χ4n) is 3.40. The number of hydrazone groups is 1. The molecule has 0 saturated carbocycles. The summed E-state index contributed by atoms with van der Waals surface area (Å²) in [6, 6.07) is 17.3. The summed E-state index contributed by atoms with van der Waals surface area (Å²) in [5, 5.41) is 6.03. The molecule has 0 aromatic heterocycles. The fraction of sp³-hybridized carbons (Fsp3) is 0.182. The molecule has 0 spiro atoms. The van der Waals surface area contributed by atoms with Gasteiger partial charge in [-0.15, -0.1) is 0 Å². The van der Waals surface area contributed by atoms with Crippen LogP contribution in [0.3, 0.4) is 0 Å². The monoisotopic (exact) mass is 409 g/mol. The highest BCUT2D eigenvalue weighted by molar-refractivity contribution is 7.89. The summed E-state index contributed by atoms with van der Waals surface area (Å²) >= 11 is 0. The van der Waals surface area contributed by atoms with Crippen LogP contribution in [0.5, 0.6) is 0 Å². The number of aryl methyl sites for hydroxylation is 3. The van der Waals surface area contributed by atoms with Crippen molar-refractivity contribution in [3.8, 4) is 0 Å². The Balaban J connectivity index is 1.65. The van der Waals surface area contributed by atoms with E-state index >= 15 is 0 Å². The summed E-state index contributed by atoms with van der Waals surface area (Å²) in [5.74, 6) is -0.549. The minimum atomic E-state index is -3.80. The molecule has 0 aliphatic heterocycles. The molecule has 3 aromatic rings. The average Bonchev–Trinajstić information content (AvgIpc) is 2.65. The lowest BCUT2D eigenvalue weighted by Crippen LogP contribution is -2.35. The predicted molar refractivity (Wildman–Crippen MR) is 116 cm³/mol. The van der Waals surface area contributed by atoms with Gasteiger partial charge in [0.1, 0.15) is 0 Å². The Bertz CT molecular complexity index is 1170. The highest BCUT2D eigenvalue weighted by atomic mass is 32.2. The van der Waals surface area contributed by atoms with Crippen molar-refractivity contribution in [2.45, 2.75) is 25.7 Å². The smallest absolute Gasteiger partial charge is 0.255 e. The van der Waals surface area contributed by atoms with Crippen molar-refractivity contribution >= 4 is 32.9 Å². The highest BCUT2D eigenvalue weighted by Crippen LogP contribution is 2.21. The van der Waals surface area contributed by atoms with Gasteiger partial charge in [-0.1, -0.05) is 60.2 Å². The van der Waals surface area contributed by atoms with Crippen LogP contribution in [0.4, 0.5) is 0 Å². The first-order valence-corrected chi connectivity index (χ1v) is 10.6. The molecule has 0 saturated heterocycles. The molecule has 29 heavy (non-hydrogen) atoms. The molecule has 1 amide bonds. The maximum atomic E-state index is 12.6. The Kier molecular flexibility index (Phi) is 6.10. The first-order chi connectivity index (χ1) is 13.8.